The van der Waals surface area contributed by atoms with Crippen molar-refractivity contribution in [2.75, 3.05) is 0 Å². The largest absolute Gasteiger partial charge is 0.478 e. The third-order valence-corrected chi connectivity index (χ3v) is 2.44. The van der Waals surface area contributed by atoms with Crippen molar-refractivity contribution in [1.82, 2.24) is 4.98 Å². The number of carboxylic acids is 2. The maximum atomic E-state index is 11.2. The standard InChI is InChI=1S/C13H9NO4/c15-12(16)9-6-7-14-11(10(9)13(17)18)8-4-2-1-3-5-8/h1-7H,(H,15,16)(H,17,18). The van der Waals surface area contributed by atoms with Gasteiger partial charge in [0.25, 0.3) is 0 Å². The number of rotatable bonds is 3. The highest BCUT2D eigenvalue weighted by atomic mass is 16.4. The average Bonchev–Trinajstić information content (AvgIpc) is 2.38. The van der Waals surface area contributed by atoms with Crippen LogP contribution in [0.5, 0.6) is 0 Å². The van der Waals surface area contributed by atoms with Gasteiger partial charge in [0.2, 0.25) is 0 Å². The predicted octanol–water partition coefficient (Wildman–Crippen LogP) is 2.15. The third kappa shape index (κ3) is 2.06. The first kappa shape index (κ1) is 11.8. The van der Waals surface area contributed by atoms with Crippen molar-refractivity contribution in [2.24, 2.45) is 0 Å². The second kappa shape index (κ2) is 4.67. The fourth-order valence-electron chi connectivity index (χ4n) is 1.67. The van der Waals surface area contributed by atoms with Crippen molar-refractivity contribution in [3.05, 3.63) is 53.7 Å². The molecule has 2 aromatic rings. The van der Waals surface area contributed by atoms with Gasteiger partial charge < -0.3 is 10.2 Å². The molecule has 5 heteroatoms. The Bertz CT molecular complexity index is 608. The van der Waals surface area contributed by atoms with E-state index in [2.05, 4.69) is 4.98 Å². The van der Waals surface area contributed by atoms with Crippen LogP contribution in [0.15, 0.2) is 42.6 Å². The van der Waals surface area contributed by atoms with Crippen LogP contribution < -0.4 is 0 Å². The molecule has 90 valence electrons. The summed E-state index contributed by atoms with van der Waals surface area (Å²) >= 11 is 0. The van der Waals surface area contributed by atoms with Gasteiger partial charge in [-0.25, -0.2) is 9.59 Å². The molecule has 1 heterocycles. The monoisotopic (exact) mass is 243 g/mol. The molecule has 2 rings (SSSR count). The normalized spacial score (nSPS) is 10.0. The number of carbonyl (C=O) groups is 2. The third-order valence-electron chi connectivity index (χ3n) is 2.44. The fraction of sp³-hybridized carbons (Fsp3) is 0. The molecule has 2 N–H and O–H groups in total. The van der Waals surface area contributed by atoms with Gasteiger partial charge in [-0.05, 0) is 6.07 Å². The average molecular weight is 243 g/mol. The van der Waals surface area contributed by atoms with Crippen molar-refractivity contribution in [1.29, 1.82) is 0 Å². The minimum Gasteiger partial charge on any atom is -0.478 e. The molecule has 0 aliphatic carbocycles. The van der Waals surface area contributed by atoms with Crippen LogP contribution in [0.25, 0.3) is 11.3 Å². The van der Waals surface area contributed by atoms with Crippen molar-refractivity contribution in [3.8, 4) is 11.3 Å². The quantitative estimate of drug-likeness (QED) is 0.862. The first-order valence-electron chi connectivity index (χ1n) is 5.12. The molecule has 0 fully saturated rings. The van der Waals surface area contributed by atoms with E-state index in [1.165, 1.54) is 12.3 Å². The van der Waals surface area contributed by atoms with Gasteiger partial charge in [0.15, 0.2) is 0 Å². The molecule has 0 saturated carbocycles. The van der Waals surface area contributed by atoms with E-state index >= 15 is 0 Å². The van der Waals surface area contributed by atoms with Gasteiger partial charge in [-0.2, -0.15) is 0 Å². The Hall–Kier alpha value is -2.69. The molecule has 0 atom stereocenters. The zero-order valence-electron chi connectivity index (χ0n) is 9.20. The second-order valence-electron chi connectivity index (χ2n) is 3.56. The van der Waals surface area contributed by atoms with Gasteiger partial charge in [0.1, 0.15) is 5.56 Å². The van der Waals surface area contributed by atoms with Crippen molar-refractivity contribution < 1.29 is 19.8 Å². The Kier molecular flexibility index (Phi) is 3.05. The summed E-state index contributed by atoms with van der Waals surface area (Å²) in [4.78, 5) is 26.2. The van der Waals surface area contributed by atoms with E-state index in [9.17, 15) is 9.59 Å². The summed E-state index contributed by atoms with van der Waals surface area (Å²) in [5.74, 6) is -2.59. The van der Waals surface area contributed by atoms with Gasteiger partial charge in [-0.15, -0.1) is 0 Å². The molecule has 18 heavy (non-hydrogen) atoms. The molecule has 0 unspecified atom stereocenters. The zero-order valence-corrected chi connectivity index (χ0v) is 9.20. The Morgan fingerprint density at radius 1 is 0.944 bits per heavy atom. The fourth-order valence-corrected chi connectivity index (χ4v) is 1.67. The summed E-state index contributed by atoms with van der Waals surface area (Å²) in [6.07, 6.45) is 1.29. The second-order valence-corrected chi connectivity index (χ2v) is 3.56. The maximum Gasteiger partial charge on any atom is 0.338 e. The Balaban J connectivity index is 2.72. The van der Waals surface area contributed by atoms with Gasteiger partial charge in [0, 0.05) is 11.8 Å². The lowest BCUT2D eigenvalue weighted by Gasteiger charge is -2.07. The number of nitrogens with zero attached hydrogens (tertiary/aromatic N) is 1. The number of benzene rings is 1. The minimum atomic E-state index is -1.31. The molecule has 0 spiro atoms. The Labute approximate surface area is 102 Å². The van der Waals surface area contributed by atoms with Crippen LogP contribution in [-0.2, 0) is 0 Å². The number of aromatic nitrogens is 1. The Morgan fingerprint density at radius 2 is 1.61 bits per heavy atom. The molecule has 0 radical (unpaired) electrons. The van der Waals surface area contributed by atoms with E-state index in [0.717, 1.165) is 0 Å². The Morgan fingerprint density at radius 3 is 2.17 bits per heavy atom. The van der Waals surface area contributed by atoms with Crippen LogP contribution in [0.2, 0.25) is 0 Å². The van der Waals surface area contributed by atoms with Crippen molar-refractivity contribution in [2.45, 2.75) is 0 Å². The van der Waals surface area contributed by atoms with Gasteiger partial charge in [-0.3, -0.25) is 4.98 Å². The smallest absolute Gasteiger partial charge is 0.338 e. The molecule has 0 amide bonds. The summed E-state index contributed by atoms with van der Waals surface area (Å²) in [5, 5.41) is 18.1. The van der Waals surface area contributed by atoms with E-state index in [4.69, 9.17) is 10.2 Å². The van der Waals surface area contributed by atoms with Crippen molar-refractivity contribution in [3.63, 3.8) is 0 Å². The SMILES string of the molecule is O=C(O)c1ccnc(-c2ccccc2)c1C(=O)O. The molecular weight excluding hydrogens is 234 g/mol. The van der Waals surface area contributed by atoms with Crippen LogP contribution in [0.4, 0.5) is 0 Å². The number of hydrogen-bond acceptors (Lipinski definition) is 3. The predicted molar refractivity (Wildman–Crippen MR) is 63.6 cm³/mol. The molecular formula is C13H9NO4. The molecule has 0 aliphatic heterocycles. The van der Waals surface area contributed by atoms with Gasteiger partial charge in [0.05, 0.1) is 11.3 Å². The highest BCUT2D eigenvalue weighted by Crippen LogP contribution is 2.23. The number of pyridine rings is 1. The molecule has 0 aliphatic rings. The molecule has 0 saturated heterocycles. The molecule has 5 nitrogen and oxygen atoms in total. The van der Waals surface area contributed by atoms with E-state index in [1.54, 1.807) is 30.3 Å². The van der Waals surface area contributed by atoms with E-state index in [1.807, 2.05) is 0 Å². The lowest BCUT2D eigenvalue weighted by atomic mass is 10.0. The highest BCUT2D eigenvalue weighted by molar-refractivity contribution is 6.05. The molecule has 1 aromatic carbocycles. The summed E-state index contributed by atoms with van der Waals surface area (Å²) in [6, 6.07) is 9.79. The van der Waals surface area contributed by atoms with E-state index in [-0.39, 0.29) is 16.8 Å². The summed E-state index contributed by atoms with van der Waals surface area (Å²) in [6.45, 7) is 0. The highest BCUT2D eigenvalue weighted by Gasteiger charge is 2.21. The lowest BCUT2D eigenvalue weighted by Crippen LogP contribution is -2.11. The molecule has 0 bridgehead atoms. The summed E-state index contributed by atoms with van der Waals surface area (Å²) in [5.41, 5.74) is 0.161. The minimum absolute atomic E-state index is 0.156. The van der Waals surface area contributed by atoms with Crippen LogP contribution in [0.3, 0.4) is 0 Å². The number of aromatic carboxylic acids is 2. The first-order valence-corrected chi connectivity index (χ1v) is 5.12. The van der Waals surface area contributed by atoms with E-state index < -0.39 is 11.9 Å². The first-order chi connectivity index (χ1) is 8.61. The van der Waals surface area contributed by atoms with Crippen LogP contribution >= 0.6 is 0 Å². The maximum absolute atomic E-state index is 11.2. The number of hydrogen-bond donors (Lipinski definition) is 2. The van der Waals surface area contributed by atoms with E-state index in [0.29, 0.717) is 5.56 Å². The topological polar surface area (TPSA) is 87.5 Å². The van der Waals surface area contributed by atoms with Gasteiger partial charge >= 0.3 is 11.9 Å². The van der Waals surface area contributed by atoms with Crippen molar-refractivity contribution >= 4 is 11.9 Å². The zero-order chi connectivity index (χ0) is 13.1. The summed E-state index contributed by atoms with van der Waals surface area (Å²) < 4.78 is 0. The van der Waals surface area contributed by atoms with Crippen LogP contribution in [0, 0.1) is 0 Å². The van der Waals surface area contributed by atoms with Gasteiger partial charge in [-0.1, -0.05) is 30.3 Å². The van der Waals surface area contributed by atoms with Crippen LogP contribution in [-0.4, -0.2) is 27.1 Å². The van der Waals surface area contributed by atoms with Crippen LogP contribution in [0.1, 0.15) is 20.7 Å². The number of carboxylic acid groups (broad SMARTS) is 2. The molecule has 1 aromatic heterocycles. The summed E-state index contributed by atoms with van der Waals surface area (Å²) in [7, 11) is 0. The lowest BCUT2D eigenvalue weighted by molar-refractivity contribution is 0.0651.